The SMILES string of the molecule is CCOC(=O)c1sc(N2C(=O)C(=O)C(=C(O)c3ccc(OCc4ccccc4)c(C)c3)[C@@H]2c2cccc([N+](=O)[O-])c2)nc1C. The van der Waals surface area contributed by atoms with Gasteiger partial charge in [-0.25, -0.2) is 9.78 Å². The molecule has 224 valence electrons. The Morgan fingerprint density at radius 2 is 1.82 bits per heavy atom. The molecule has 0 unspecified atom stereocenters. The van der Waals surface area contributed by atoms with Crippen molar-refractivity contribution in [2.45, 2.75) is 33.4 Å². The first kappa shape index (κ1) is 30.1. The second-order valence-corrected chi connectivity index (χ2v) is 10.9. The topological polar surface area (TPSA) is 149 Å². The van der Waals surface area contributed by atoms with Crippen molar-refractivity contribution in [2.24, 2.45) is 0 Å². The summed E-state index contributed by atoms with van der Waals surface area (Å²) in [7, 11) is 0. The van der Waals surface area contributed by atoms with Crippen LogP contribution in [0.5, 0.6) is 5.75 Å². The molecule has 1 saturated heterocycles. The predicted molar refractivity (Wildman–Crippen MR) is 163 cm³/mol. The highest BCUT2D eigenvalue weighted by Gasteiger charge is 2.48. The number of carbonyl (C=O) groups is 3. The summed E-state index contributed by atoms with van der Waals surface area (Å²) >= 11 is 0.850. The summed E-state index contributed by atoms with van der Waals surface area (Å²) in [4.78, 5) is 56.2. The smallest absolute Gasteiger partial charge is 0.350 e. The van der Waals surface area contributed by atoms with Crippen LogP contribution in [-0.2, 0) is 20.9 Å². The number of benzene rings is 3. The van der Waals surface area contributed by atoms with Gasteiger partial charge in [-0.1, -0.05) is 53.8 Å². The van der Waals surface area contributed by atoms with Crippen LogP contribution in [0.4, 0.5) is 10.8 Å². The summed E-state index contributed by atoms with van der Waals surface area (Å²) in [5.41, 5.74) is 1.81. The Labute approximate surface area is 256 Å². The first-order valence-electron chi connectivity index (χ1n) is 13.6. The van der Waals surface area contributed by atoms with Gasteiger partial charge in [0.2, 0.25) is 0 Å². The Morgan fingerprint density at radius 1 is 1.07 bits per heavy atom. The number of nitro benzene ring substituents is 1. The first-order chi connectivity index (χ1) is 21.1. The minimum absolute atomic E-state index is 0.00375. The van der Waals surface area contributed by atoms with Crippen molar-refractivity contribution >= 4 is 45.6 Å². The number of ether oxygens (including phenoxy) is 2. The van der Waals surface area contributed by atoms with Crippen LogP contribution in [0.2, 0.25) is 0 Å². The number of aliphatic hydroxyl groups is 1. The number of esters is 1. The molecule has 1 N–H and O–H groups in total. The quantitative estimate of drug-likeness (QED) is 0.0594. The van der Waals surface area contributed by atoms with E-state index >= 15 is 0 Å². The molecule has 12 heteroatoms. The molecule has 1 amide bonds. The maximum atomic E-state index is 13.6. The van der Waals surface area contributed by atoms with E-state index in [-0.39, 0.29) is 44.7 Å². The fourth-order valence-corrected chi connectivity index (χ4v) is 5.86. The maximum Gasteiger partial charge on any atom is 0.350 e. The predicted octanol–water partition coefficient (Wildman–Crippen LogP) is 6.05. The molecular weight excluding hydrogens is 586 g/mol. The van der Waals surface area contributed by atoms with E-state index in [1.807, 2.05) is 30.3 Å². The lowest BCUT2D eigenvalue weighted by Gasteiger charge is -2.23. The highest BCUT2D eigenvalue weighted by atomic mass is 32.1. The van der Waals surface area contributed by atoms with Gasteiger partial charge in [0.25, 0.3) is 11.5 Å². The second-order valence-electron chi connectivity index (χ2n) is 9.91. The van der Waals surface area contributed by atoms with Gasteiger partial charge in [-0.2, -0.15) is 0 Å². The molecule has 1 atom stereocenters. The van der Waals surface area contributed by atoms with Crippen molar-refractivity contribution < 1.29 is 33.9 Å². The number of ketones is 1. The van der Waals surface area contributed by atoms with E-state index in [1.54, 1.807) is 39.0 Å². The number of hydrogen-bond donors (Lipinski definition) is 1. The Balaban J connectivity index is 1.60. The van der Waals surface area contributed by atoms with Crippen LogP contribution >= 0.6 is 11.3 Å². The van der Waals surface area contributed by atoms with Gasteiger partial charge in [-0.3, -0.25) is 24.6 Å². The van der Waals surface area contributed by atoms with E-state index in [0.717, 1.165) is 21.8 Å². The molecule has 0 spiro atoms. The summed E-state index contributed by atoms with van der Waals surface area (Å²) in [6.07, 6.45) is 0. The van der Waals surface area contributed by atoms with Crippen molar-refractivity contribution in [3.05, 3.63) is 121 Å². The van der Waals surface area contributed by atoms with Crippen LogP contribution in [-0.4, -0.2) is 39.3 Å². The van der Waals surface area contributed by atoms with Crippen LogP contribution in [0.3, 0.4) is 0 Å². The molecule has 3 aromatic carbocycles. The van der Waals surface area contributed by atoms with E-state index < -0.39 is 34.4 Å². The molecule has 1 fully saturated rings. The van der Waals surface area contributed by atoms with E-state index in [1.165, 1.54) is 24.3 Å². The minimum Gasteiger partial charge on any atom is -0.507 e. The third kappa shape index (κ3) is 5.79. The lowest BCUT2D eigenvalue weighted by atomic mass is 9.94. The summed E-state index contributed by atoms with van der Waals surface area (Å²) in [5, 5.41) is 23.1. The molecule has 1 aliphatic rings. The number of rotatable bonds is 9. The van der Waals surface area contributed by atoms with Crippen molar-refractivity contribution in [2.75, 3.05) is 11.5 Å². The van der Waals surface area contributed by atoms with Gasteiger partial charge < -0.3 is 14.6 Å². The van der Waals surface area contributed by atoms with E-state index in [4.69, 9.17) is 9.47 Å². The number of aryl methyl sites for hydroxylation is 2. The highest BCUT2D eigenvalue weighted by molar-refractivity contribution is 7.17. The van der Waals surface area contributed by atoms with Gasteiger partial charge in [0, 0.05) is 17.7 Å². The van der Waals surface area contributed by atoms with E-state index in [0.29, 0.717) is 17.9 Å². The van der Waals surface area contributed by atoms with Crippen molar-refractivity contribution in [3.63, 3.8) is 0 Å². The molecule has 0 aliphatic carbocycles. The summed E-state index contributed by atoms with van der Waals surface area (Å²) in [5.74, 6) is -2.56. The molecule has 0 saturated carbocycles. The number of Topliss-reactive ketones (excluding diaryl/α,β-unsaturated/α-hetero) is 1. The summed E-state index contributed by atoms with van der Waals surface area (Å²) in [6, 6.07) is 18.6. The molecule has 0 radical (unpaired) electrons. The number of nitrogens with zero attached hydrogens (tertiary/aromatic N) is 3. The highest BCUT2D eigenvalue weighted by Crippen LogP contribution is 2.44. The molecule has 4 aromatic rings. The van der Waals surface area contributed by atoms with Gasteiger partial charge >= 0.3 is 11.9 Å². The van der Waals surface area contributed by atoms with Crippen LogP contribution in [0.25, 0.3) is 5.76 Å². The average molecular weight is 614 g/mol. The van der Waals surface area contributed by atoms with Gasteiger partial charge in [0.05, 0.1) is 28.8 Å². The van der Waals surface area contributed by atoms with Crippen LogP contribution in [0.1, 0.15) is 50.6 Å². The lowest BCUT2D eigenvalue weighted by Crippen LogP contribution is -2.29. The zero-order valence-corrected chi connectivity index (χ0v) is 24.8. The zero-order chi connectivity index (χ0) is 31.5. The number of aliphatic hydroxyl groups excluding tert-OH is 1. The summed E-state index contributed by atoms with van der Waals surface area (Å²) < 4.78 is 11.0. The van der Waals surface area contributed by atoms with Crippen molar-refractivity contribution in [1.29, 1.82) is 0 Å². The van der Waals surface area contributed by atoms with Gasteiger partial charge in [-0.15, -0.1) is 0 Å². The van der Waals surface area contributed by atoms with Crippen LogP contribution in [0.15, 0.2) is 78.4 Å². The normalized spacial score (nSPS) is 15.8. The molecule has 1 aromatic heterocycles. The number of amides is 1. The Kier molecular flexibility index (Phi) is 8.54. The molecule has 5 rings (SSSR count). The molecule has 0 bridgehead atoms. The number of hydrogen-bond acceptors (Lipinski definition) is 10. The van der Waals surface area contributed by atoms with Gasteiger partial charge in [0.15, 0.2) is 5.13 Å². The third-order valence-electron chi connectivity index (χ3n) is 6.98. The zero-order valence-electron chi connectivity index (χ0n) is 24.0. The number of anilines is 1. The largest absolute Gasteiger partial charge is 0.507 e. The second kappa shape index (κ2) is 12.5. The van der Waals surface area contributed by atoms with Gasteiger partial charge in [0.1, 0.15) is 23.0 Å². The first-order valence-corrected chi connectivity index (χ1v) is 14.4. The Hall–Kier alpha value is -5.36. The van der Waals surface area contributed by atoms with Gasteiger partial charge in [-0.05, 0) is 55.7 Å². The van der Waals surface area contributed by atoms with Crippen LogP contribution in [0, 0.1) is 24.0 Å². The number of carbonyl (C=O) groups excluding carboxylic acids is 3. The molecule has 11 nitrogen and oxygen atoms in total. The minimum atomic E-state index is -1.27. The number of non-ortho nitro benzene ring substituents is 1. The fourth-order valence-electron chi connectivity index (χ4n) is 4.87. The van der Waals surface area contributed by atoms with Crippen LogP contribution < -0.4 is 9.64 Å². The molecule has 2 heterocycles. The average Bonchev–Trinajstić information content (AvgIpc) is 3.53. The Morgan fingerprint density at radius 3 is 2.50 bits per heavy atom. The standard InChI is InChI=1S/C32H27N3O8S/c1-4-42-31(39)29-19(3)33-32(44-29)34-26(21-11-8-12-23(16-21)35(40)41)25(28(37)30(34)38)27(36)22-13-14-24(18(2)15-22)43-17-20-9-6-5-7-10-20/h5-16,26,36H,4,17H2,1-3H3/t26-/m0/s1. The molecule has 1 aliphatic heterocycles. The molecular formula is C32H27N3O8S. The summed E-state index contributed by atoms with van der Waals surface area (Å²) in [6.45, 7) is 5.45. The Bertz CT molecular complexity index is 1820. The monoisotopic (exact) mass is 613 g/mol. The number of nitro groups is 1. The maximum absolute atomic E-state index is 13.6. The lowest BCUT2D eigenvalue weighted by molar-refractivity contribution is -0.384. The molecule has 44 heavy (non-hydrogen) atoms. The fraction of sp³-hybridized carbons (Fsp3) is 0.188. The third-order valence-corrected chi connectivity index (χ3v) is 8.12. The number of aromatic nitrogens is 1. The van der Waals surface area contributed by atoms with E-state index in [2.05, 4.69) is 4.98 Å². The van der Waals surface area contributed by atoms with Crippen molar-refractivity contribution in [3.8, 4) is 5.75 Å². The van der Waals surface area contributed by atoms with Crippen molar-refractivity contribution in [1.82, 2.24) is 4.98 Å². The van der Waals surface area contributed by atoms with E-state index in [9.17, 15) is 29.6 Å². The number of thiazole rings is 1.